The van der Waals surface area contributed by atoms with Crippen molar-refractivity contribution in [3.63, 3.8) is 0 Å². The minimum absolute atomic E-state index is 0.290. The molecule has 106 valence electrons. The van der Waals surface area contributed by atoms with Gasteiger partial charge in [0.05, 0.1) is 17.8 Å². The maximum Gasteiger partial charge on any atom is 0.299 e. The fourth-order valence-corrected chi connectivity index (χ4v) is 3.04. The number of hydrogen-bond donors (Lipinski definition) is 0. The quantitative estimate of drug-likeness (QED) is 0.751. The van der Waals surface area contributed by atoms with Gasteiger partial charge in [-0.15, -0.1) is 0 Å². The Kier molecular flexibility index (Phi) is 3.59. The van der Waals surface area contributed by atoms with Crippen molar-refractivity contribution in [3.05, 3.63) is 62.6 Å². The highest BCUT2D eigenvalue weighted by Crippen LogP contribution is 2.33. The van der Waals surface area contributed by atoms with E-state index >= 15 is 0 Å². The first-order valence-corrected chi connectivity index (χ1v) is 7.55. The van der Waals surface area contributed by atoms with Crippen LogP contribution in [0.4, 0.5) is 5.69 Å². The Labute approximate surface area is 135 Å². The minimum atomic E-state index is -0.514. The van der Waals surface area contributed by atoms with E-state index in [0.717, 1.165) is 15.6 Å². The Morgan fingerprint density at radius 3 is 2.62 bits per heavy atom. The van der Waals surface area contributed by atoms with E-state index in [-0.39, 0.29) is 6.54 Å². The normalized spacial score (nSPS) is 13.8. The Morgan fingerprint density at radius 1 is 1.14 bits per heavy atom. The van der Waals surface area contributed by atoms with E-state index in [1.165, 1.54) is 4.90 Å². The second kappa shape index (κ2) is 5.28. The molecule has 0 spiro atoms. The lowest BCUT2D eigenvalue weighted by Gasteiger charge is -2.17. The molecule has 3 rings (SSSR count). The Morgan fingerprint density at radius 2 is 1.90 bits per heavy atom. The number of halogens is 2. The number of rotatable bonds is 2. The summed E-state index contributed by atoms with van der Waals surface area (Å²) in [6.45, 7) is 2.24. The van der Waals surface area contributed by atoms with E-state index in [0.29, 0.717) is 16.3 Å². The van der Waals surface area contributed by atoms with Crippen molar-refractivity contribution in [3.8, 4) is 0 Å². The first-order chi connectivity index (χ1) is 9.97. The minimum Gasteiger partial charge on any atom is -0.300 e. The number of benzene rings is 2. The summed E-state index contributed by atoms with van der Waals surface area (Å²) in [5.74, 6) is -0.991. The summed E-state index contributed by atoms with van der Waals surface area (Å²) in [6, 6.07) is 10.9. The van der Waals surface area contributed by atoms with Crippen LogP contribution in [-0.4, -0.2) is 11.7 Å². The summed E-state index contributed by atoms with van der Waals surface area (Å²) in [5.41, 5.74) is 2.93. The number of anilines is 1. The fourth-order valence-electron chi connectivity index (χ4n) is 2.38. The third-order valence-electron chi connectivity index (χ3n) is 3.47. The van der Waals surface area contributed by atoms with E-state index < -0.39 is 11.7 Å². The second-order valence-electron chi connectivity index (χ2n) is 4.98. The number of carbonyl (C=O) groups excluding carboxylic acids is 2. The van der Waals surface area contributed by atoms with Crippen LogP contribution in [-0.2, 0) is 11.3 Å². The van der Waals surface area contributed by atoms with Gasteiger partial charge in [0.25, 0.3) is 11.7 Å². The zero-order valence-corrected chi connectivity index (χ0v) is 13.5. The molecule has 1 aliphatic heterocycles. The lowest BCUT2D eigenvalue weighted by Crippen LogP contribution is -2.29. The van der Waals surface area contributed by atoms with E-state index in [1.54, 1.807) is 12.1 Å². The summed E-state index contributed by atoms with van der Waals surface area (Å²) in [4.78, 5) is 25.7. The summed E-state index contributed by atoms with van der Waals surface area (Å²) in [5, 5.41) is 0.598. The van der Waals surface area contributed by atoms with Crippen LogP contribution in [0.3, 0.4) is 0 Å². The molecular formula is C16H11BrClNO2. The van der Waals surface area contributed by atoms with Crippen LogP contribution in [0.5, 0.6) is 0 Å². The Bertz CT molecular complexity index is 773. The number of carbonyl (C=O) groups is 2. The lowest BCUT2D eigenvalue weighted by atomic mass is 10.1. The van der Waals surface area contributed by atoms with E-state index in [9.17, 15) is 9.59 Å². The monoisotopic (exact) mass is 363 g/mol. The zero-order valence-electron chi connectivity index (χ0n) is 11.2. The highest BCUT2D eigenvalue weighted by molar-refractivity contribution is 9.10. The van der Waals surface area contributed by atoms with Gasteiger partial charge in [-0.3, -0.25) is 9.59 Å². The molecule has 0 saturated carbocycles. The van der Waals surface area contributed by atoms with Crippen LogP contribution in [0.15, 0.2) is 40.9 Å². The molecule has 1 heterocycles. The molecule has 0 aromatic heterocycles. The van der Waals surface area contributed by atoms with Crippen LogP contribution in [0.1, 0.15) is 21.5 Å². The van der Waals surface area contributed by atoms with Crippen molar-refractivity contribution in [2.24, 2.45) is 0 Å². The molecule has 0 bridgehead atoms. The molecule has 2 aromatic rings. The highest BCUT2D eigenvalue weighted by Gasteiger charge is 2.36. The van der Waals surface area contributed by atoms with Crippen molar-refractivity contribution in [2.45, 2.75) is 13.5 Å². The van der Waals surface area contributed by atoms with Gasteiger partial charge in [-0.2, -0.15) is 0 Å². The predicted octanol–water partition coefficient (Wildman–Crippen LogP) is 4.14. The molecule has 0 fully saturated rings. The first-order valence-electron chi connectivity index (χ1n) is 6.38. The van der Waals surface area contributed by atoms with Gasteiger partial charge in [0.15, 0.2) is 0 Å². The molecule has 0 aliphatic carbocycles. The Hall–Kier alpha value is -1.65. The van der Waals surface area contributed by atoms with Crippen LogP contribution < -0.4 is 4.90 Å². The largest absolute Gasteiger partial charge is 0.300 e. The second-order valence-corrected chi connectivity index (χ2v) is 6.30. The third-order valence-corrected chi connectivity index (χ3v) is 4.32. The number of aryl methyl sites for hydroxylation is 1. The average Bonchev–Trinajstić information content (AvgIpc) is 2.66. The lowest BCUT2D eigenvalue weighted by molar-refractivity contribution is -0.114. The van der Waals surface area contributed by atoms with Gasteiger partial charge in [0, 0.05) is 9.50 Å². The van der Waals surface area contributed by atoms with Gasteiger partial charge in [-0.05, 0) is 42.3 Å². The van der Waals surface area contributed by atoms with Crippen LogP contribution in [0.25, 0.3) is 0 Å². The van der Waals surface area contributed by atoms with E-state index in [4.69, 9.17) is 11.6 Å². The molecule has 0 radical (unpaired) electrons. The number of Topliss-reactive ketones (excluding diaryl/α,β-unsaturated/α-hetero) is 1. The van der Waals surface area contributed by atoms with E-state index in [1.807, 2.05) is 31.2 Å². The smallest absolute Gasteiger partial charge is 0.299 e. The van der Waals surface area contributed by atoms with Crippen molar-refractivity contribution >= 4 is 44.9 Å². The van der Waals surface area contributed by atoms with Crippen molar-refractivity contribution in [1.29, 1.82) is 0 Å². The topological polar surface area (TPSA) is 37.4 Å². The molecule has 0 N–H and O–H groups in total. The molecule has 5 heteroatoms. The predicted molar refractivity (Wildman–Crippen MR) is 85.9 cm³/mol. The van der Waals surface area contributed by atoms with Gasteiger partial charge in [-0.1, -0.05) is 39.7 Å². The van der Waals surface area contributed by atoms with Crippen molar-refractivity contribution in [2.75, 3.05) is 4.90 Å². The molecule has 0 unspecified atom stereocenters. The zero-order chi connectivity index (χ0) is 15.1. The van der Waals surface area contributed by atoms with Crippen molar-refractivity contribution in [1.82, 2.24) is 0 Å². The number of nitrogens with zero attached hydrogens (tertiary/aromatic N) is 1. The molecule has 1 amide bonds. The maximum atomic E-state index is 12.2. The standard InChI is InChI=1S/C16H11BrClNO2/c1-9-2-3-10(13(18)6-9)8-19-14-5-4-11(17)7-12(14)15(20)16(19)21/h2-7H,8H2,1H3. The third kappa shape index (κ3) is 2.49. The van der Waals surface area contributed by atoms with Gasteiger partial charge < -0.3 is 4.90 Å². The summed E-state index contributed by atoms with van der Waals surface area (Å²) < 4.78 is 0.776. The van der Waals surface area contributed by atoms with Gasteiger partial charge in [0.1, 0.15) is 0 Å². The number of amides is 1. The molecule has 1 aliphatic rings. The fraction of sp³-hybridized carbons (Fsp3) is 0.125. The summed E-state index contributed by atoms with van der Waals surface area (Å²) in [6.07, 6.45) is 0. The summed E-state index contributed by atoms with van der Waals surface area (Å²) in [7, 11) is 0. The number of ketones is 1. The van der Waals surface area contributed by atoms with Crippen LogP contribution >= 0.6 is 27.5 Å². The van der Waals surface area contributed by atoms with Crippen LogP contribution in [0, 0.1) is 6.92 Å². The van der Waals surface area contributed by atoms with Crippen LogP contribution in [0.2, 0.25) is 5.02 Å². The molecule has 0 saturated heterocycles. The Balaban J connectivity index is 2.00. The number of fused-ring (bicyclic) bond motifs is 1. The summed E-state index contributed by atoms with van der Waals surface area (Å²) >= 11 is 9.53. The van der Waals surface area contributed by atoms with Crippen molar-refractivity contribution < 1.29 is 9.59 Å². The molecular weight excluding hydrogens is 354 g/mol. The van der Waals surface area contributed by atoms with E-state index in [2.05, 4.69) is 15.9 Å². The SMILES string of the molecule is Cc1ccc(CN2C(=O)C(=O)c3cc(Br)ccc32)c(Cl)c1. The molecule has 3 nitrogen and oxygen atoms in total. The molecule has 2 aromatic carbocycles. The van der Waals surface area contributed by atoms with Gasteiger partial charge in [-0.25, -0.2) is 0 Å². The van der Waals surface area contributed by atoms with Gasteiger partial charge in [0.2, 0.25) is 0 Å². The molecule has 0 atom stereocenters. The highest BCUT2D eigenvalue weighted by atomic mass is 79.9. The first kappa shape index (κ1) is 14.3. The average molecular weight is 365 g/mol. The maximum absolute atomic E-state index is 12.2. The van der Waals surface area contributed by atoms with Gasteiger partial charge >= 0.3 is 0 Å². The molecule has 21 heavy (non-hydrogen) atoms. The number of hydrogen-bond acceptors (Lipinski definition) is 2.